The monoisotopic (exact) mass is 358 g/mol. The Hall–Kier alpha value is -3.21. The summed E-state index contributed by atoms with van der Waals surface area (Å²) in [7, 11) is 0. The number of carbonyl (C=O) groups is 1. The number of hydrogen-bond acceptors (Lipinski definition) is 5. The molecule has 1 aromatic heterocycles. The van der Waals surface area contributed by atoms with E-state index in [1.807, 2.05) is 42.5 Å². The summed E-state index contributed by atoms with van der Waals surface area (Å²) < 4.78 is 0. The summed E-state index contributed by atoms with van der Waals surface area (Å²) in [5, 5.41) is 6.57. The van der Waals surface area contributed by atoms with E-state index >= 15 is 0 Å². The number of para-hydroxylation sites is 1. The topological polar surface area (TPSA) is 66.9 Å². The number of hydrogen-bond donors (Lipinski definition) is 2. The van der Waals surface area contributed by atoms with Crippen molar-refractivity contribution in [1.29, 1.82) is 0 Å². The highest BCUT2D eigenvalue weighted by molar-refractivity contribution is 6.03. The number of ketones is 1. The van der Waals surface area contributed by atoms with Gasteiger partial charge in [0, 0.05) is 17.8 Å². The molecule has 0 fully saturated rings. The zero-order valence-corrected chi connectivity index (χ0v) is 15.3. The van der Waals surface area contributed by atoms with Crippen LogP contribution in [-0.4, -0.2) is 15.8 Å². The van der Waals surface area contributed by atoms with E-state index in [0.717, 1.165) is 36.3 Å². The molecule has 0 atom stereocenters. The number of nitrogens with zero attached hydrogens (tertiary/aromatic N) is 2. The van der Waals surface area contributed by atoms with Crippen LogP contribution in [0.5, 0.6) is 0 Å². The maximum absolute atomic E-state index is 12.5. The molecule has 0 saturated heterocycles. The SMILES string of the molecule is CCc1ccc(Nc2nc(Nc3ccccc3)nc3c2C(=O)CCC3)cc1. The summed E-state index contributed by atoms with van der Waals surface area (Å²) in [5.41, 5.74) is 4.54. The van der Waals surface area contributed by atoms with Crippen LogP contribution in [0.2, 0.25) is 0 Å². The van der Waals surface area contributed by atoms with Gasteiger partial charge in [-0.3, -0.25) is 4.79 Å². The van der Waals surface area contributed by atoms with Gasteiger partial charge in [-0.05, 0) is 49.1 Å². The first-order chi connectivity index (χ1) is 13.2. The molecule has 0 aliphatic heterocycles. The van der Waals surface area contributed by atoms with Crippen molar-refractivity contribution in [1.82, 2.24) is 9.97 Å². The van der Waals surface area contributed by atoms with Gasteiger partial charge in [-0.2, -0.15) is 4.98 Å². The normalized spacial score (nSPS) is 13.1. The minimum Gasteiger partial charge on any atom is -0.339 e. The summed E-state index contributed by atoms with van der Waals surface area (Å²) in [5.74, 6) is 1.19. The number of aryl methyl sites for hydroxylation is 2. The van der Waals surface area contributed by atoms with E-state index in [9.17, 15) is 4.79 Å². The minimum atomic E-state index is 0.107. The fourth-order valence-corrected chi connectivity index (χ4v) is 3.28. The summed E-state index contributed by atoms with van der Waals surface area (Å²) in [6.45, 7) is 2.13. The lowest BCUT2D eigenvalue weighted by atomic mass is 9.95. The van der Waals surface area contributed by atoms with Gasteiger partial charge in [0.05, 0.1) is 11.3 Å². The average Bonchev–Trinajstić information content (AvgIpc) is 2.69. The maximum atomic E-state index is 12.5. The molecule has 136 valence electrons. The predicted octanol–water partition coefficient (Wildman–Crippen LogP) is 5.05. The lowest BCUT2D eigenvalue weighted by Gasteiger charge is -2.19. The summed E-state index contributed by atoms with van der Waals surface area (Å²) in [4.78, 5) is 21.7. The Morgan fingerprint density at radius 2 is 1.63 bits per heavy atom. The third-order valence-electron chi connectivity index (χ3n) is 4.74. The fourth-order valence-electron chi connectivity index (χ4n) is 3.28. The molecule has 1 aliphatic carbocycles. The van der Waals surface area contributed by atoms with Crippen LogP contribution in [0.15, 0.2) is 54.6 Å². The third kappa shape index (κ3) is 3.82. The van der Waals surface area contributed by atoms with Crippen molar-refractivity contribution >= 4 is 28.9 Å². The third-order valence-corrected chi connectivity index (χ3v) is 4.74. The lowest BCUT2D eigenvalue weighted by Crippen LogP contribution is -2.17. The van der Waals surface area contributed by atoms with Crippen LogP contribution in [0.3, 0.4) is 0 Å². The number of anilines is 4. The minimum absolute atomic E-state index is 0.107. The zero-order valence-electron chi connectivity index (χ0n) is 15.3. The van der Waals surface area contributed by atoms with Gasteiger partial charge in [-0.1, -0.05) is 37.3 Å². The summed E-state index contributed by atoms with van der Waals surface area (Å²) in [6, 6.07) is 18.0. The van der Waals surface area contributed by atoms with Crippen LogP contribution in [0, 0.1) is 0 Å². The van der Waals surface area contributed by atoms with Crippen molar-refractivity contribution in [3.05, 3.63) is 71.4 Å². The number of aromatic nitrogens is 2. The second-order valence-corrected chi connectivity index (χ2v) is 6.66. The average molecular weight is 358 g/mol. The standard InChI is InChI=1S/C22H22N4O/c1-2-15-11-13-17(14-12-15)23-21-20-18(9-6-10-19(20)27)25-22(26-21)24-16-7-4-3-5-8-16/h3-5,7-8,11-14H,2,6,9-10H2,1H3,(H2,23,24,25,26). The second kappa shape index (κ2) is 7.58. The van der Waals surface area contributed by atoms with Crippen molar-refractivity contribution in [2.24, 2.45) is 0 Å². The lowest BCUT2D eigenvalue weighted by molar-refractivity contribution is 0.0972. The van der Waals surface area contributed by atoms with Crippen LogP contribution in [0.4, 0.5) is 23.1 Å². The number of nitrogens with one attached hydrogen (secondary N) is 2. The summed E-state index contributed by atoms with van der Waals surface area (Å²) >= 11 is 0. The number of fused-ring (bicyclic) bond motifs is 1. The molecule has 2 aromatic carbocycles. The molecular weight excluding hydrogens is 336 g/mol. The van der Waals surface area contributed by atoms with E-state index < -0.39 is 0 Å². The Kier molecular flexibility index (Phi) is 4.83. The van der Waals surface area contributed by atoms with Gasteiger partial charge in [0.2, 0.25) is 5.95 Å². The molecule has 0 unspecified atom stereocenters. The van der Waals surface area contributed by atoms with Crippen molar-refractivity contribution in [2.75, 3.05) is 10.6 Å². The first kappa shape index (κ1) is 17.2. The molecular formula is C22H22N4O. The number of Topliss-reactive ketones (excluding diaryl/α,β-unsaturated/α-hetero) is 1. The molecule has 0 saturated carbocycles. The smallest absolute Gasteiger partial charge is 0.229 e. The molecule has 1 heterocycles. The highest BCUT2D eigenvalue weighted by atomic mass is 16.1. The van der Waals surface area contributed by atoms with E-state index in [4.69, 9.17) is 0 Å². The molecule has 1 aliphatic rings. The molecule has 0 amide bonds. The highest BCUT2D eigenvalue weighted by Crippen LogP contribution is 2.29. The van der Waals surface area contributed by atoms with Crippen LogP contribution in [0.1, 0.15) is 41.4 Å². The van der Waals surface area contributed by atoms with E-state index in [1.54, 1.807) is 0 Å². The van der Waals surface area contributed by atoms with Crippen molar-refractivity contribution in [3.8, 4) is 0 Å². The first-order valence-corrected chi connectivity index (χ1v) is 9.35. The van der Waals surface area contributed by atoms with E-state index in [1.165, 1.54) is 5.56 Å². The van der Waals surface area contributed by atoms with Crippen molar-refractivity contribution in [3.63, 3.8) is 0 Å². The van der Waals surface area contributed by atoms with Crippen molar-refractivity contribution < 1.29 is 4.79 Å². The van der Waals surface area contributed by atoms with Crippen LogP contribution in [-0.2, 0) is 12.8 Å². The highest BCUT2D eigenvalue weighted by Gasteiger charge is 2.24. The van der Waals surface area contributed by atoms with Crippen LogP contribution in [0.25, 0.3) is 0 Å². The molecule has 27 heavy (non-hydrogen) atoms. The van der Waals surface area contributed by atoms with Gasteiger partial charge in [-0.15, -0.1) is 0 Å². The number of rotatable bonds is 5. The zero-order chi connectivity index (χ0) is 18.6. The van der Waals surface area contributed by atoms with Gasteiger partial charge in [0.25, 0.3) is 0 Å². The Morgan fingerprint density at radius 1 is 0.889 bits per heavy atom. The van der Waals surface area contributed by atoms with Gasteiger partial charge in [0.15, 0.2) is 5.78 Å². The number of benzene rings is 2. The van der Waals surface area contributed by atoms with Gasteiger partial charge in [-0.25, -0.2) is 4.98 Å². The van der Waals surface area contributed by atoms with Crippen molar-refractivity contribution in [2.45, 2.75) is 32.6 Å². The fraction of sp³-hybridized carbons (Fsp3) is 0.227. The number of carbonyl (C=O) groups excluding carboxylic acids is 1. The largest absolute Gasteiger partial charge is 0.339 e. The van der Waals surface area contributed by atoms with E-state index in [-0.39, 0.29) is 5.78 Å². The van der Waals surface area contributed by atoms with E-state index in [0.29, 0.717) is 23.8 Å². The molecule has 2 N–H and O–H groups in total. The quantitative estimate of drug-likeness (QED) is 0.668. The molecule has 0 bridgehead atoms. The van der Waals surface area contributed by atoms with Crippen LogP contribution >= 0.6 is 0 Å². The van der Waals surface area contributed by atoms with Gasteiger partial charge in [0.1, 0.15) is 5.82 Å². The van der Waals surface area contributed by atoms with Gasteiger partial charge < -0.3 is 10.6 Å². The maximum Gasteiger partial charge on any atom is 0.229 e. The van der Waals surface area contributed by atoms with Crippen LogP contribution < -0.4 is 10.6 Å². The second-order valence-electron chi connectivity index (χ2n) is 6.66. The Labute approximate surface area is 158 Å². The predicted molar refractivity (Wildman–Crippen MR) is 108 cm³/mol. The Bertz CT molecular complexity index is 952. The van der Waals surface area contributed by atoms with Gasteiger partial charge >= 0.3 is 0 Å². The first-order valence-electron chi connectivity index (χ1n) is 9.35. The summed E-state index contributed by atoms with van der Waals surface area (Å²) in [6.07, 6.45) is 3.16. The molecule has 5 nitrogen and oxygen atoms in total. The molecule has 4 rings (SSSR count). The molecule has 3 aromatic rings. The van der Waals surface area contributed by atoms with E-state index in [2.05, 4.69) is 39.7 Å². The molecule has 0 spiro atoms. The molecule has 0 radical (unpaired) electrons. The molecule has 5 heteroatoms. The Balaban J connectivity index is 1.70. The Morgan fingerprint density at radius 3 is 2.37 bits per heavy atom.